The van der Waals surface area contributed by atoms with Crippen molar-refractivity contribution in [1.82, 2.24) is 0 Å². The summed E-state index contributed by atoms with van der Waals surface area (Å²) >= 11 is 6.76. The second kappa shape index (κ2) is 10.1. The molecule has 0 saturated heterocycles. The standard InChI is InChI=1S/C20H16Br2N2O4/c1-3-28-20(26)12-4-6-16(7-5-12)24-19(25)14(11-23)8-13-9-15(21)10-17(22)18(13)27-2/h4-10H,3H2,1-2H3,(H,24,25)/b14-8+. The second-order valence-electron chi connectivity index (χ2n) is 5.43. The summed E-state index contributed by atoms with van der Waals surface area (Å²) in [6, 6.07) is 11.6. The zero-order valence-corrected chi connectivity index (χ0v) is 18.3. The van der Waals surface area contributed by atoms with Crippen LogP contribution in [0.1, 0.15) is 22.8 Å². The molecule has 0 radical (unpaired) electrons. The monoisotopic (exact) mass is 506 g/mol. The number of benzene rings is 2. The van der Waals surface area contributed by atoms with Crippen molar-refractivity contribution in [3.05, 3.63) is 62.0 Å². The highest BCUT2D eigenvalue weighted by atomic mass is 79.9. The van der Waals surface area contributed by atoms with Crippen LogP contribution in [-0.4, -0.2) is 25.6 Å². The van der Waals surface area contributed by atoms with Gasteiger partial charge in [-0.05, 0) is 65.3 Å². The first kappa shape index (κ1) is 21.7. The smallest absolute Gasteiger partial charge is 0.338 e. The van der Waals surface area contributed by atoms with Crippen molar-refractivity contribution < 1.29 is 19.1 Å². The maximum atomic E-state index is 12.5. The van der Waals surface area contributed by atoms with Gasteiger partial charge in [-0.2, -0.15) is 5.26 Å². The second-order valence-corrected chi connectivity index (χ2v) is 7.20. The predicted octanol–water partition coefficient (Wildman–Crippen LogP) is 4.94. The van der Waals surface area contributed by atoms with Crippen molar-refractivity contribution in [2.75, 3.05) is 19.0 Å². The Morgan fingerprint density at radius 1 is 1.21 bits per heavy atom. The minimum Gasteiger partial charge on any atom is -0.495 e. The van der Waals surface area contributed by atoms with Crippen molar-refractivity contribution in [3.63, 3.8) is 0 Å². The number of anilines is 1. The highest BCUT2D eigenvalue weighted by molar-refractivity contribution is 9.11. The van der Waals surface area contributed by atoms with Gasteiger partial charge in [-0.15, -0.1) is 0 Å². The van der Waals surface area contributed by atoms with E-state index in [9.17, 15) is 14.9 Å². The van der Waals surface area contributed by atoms with Crippen LogP contribution in [0.2, 0.25) is 0 Å². The van der Waals surface area contributed by atoms with Crippen molar-refractivity contribution in [2.45, 2.75) is 6.92 Å². The van der Waals surface area contributed by atoms with E-state index in [-0.39, 0.29) is 12.2 Å². The molecule has 2 aromatic rings. The van der Waals surface area contributed by atoms with Crippen molar-refractivity contribution in [1.29, 1.82) is 5.26 Å². The lowest BCUT2D eigenvalue weighted by molar-refractivity contribution is -0.112. The van der Waals surface area contributed by atoms with Gasteiger partial charge in [0.1, 0.15) is 17.4 Å². The van der Waals surface area contributed by atoms with Gasteiger partial charge in [0, 0.05) is 15.7 Å². The molecular formula is C20H16Br2N2O4. The summed E-state index contributed by atoms with van der Waals surface area (Å²) in [6.07, 6.45) is 1.44. The van der Waals surface area contributed by atoms with Crippen LogP contribution >= 0.6 is 31.9 Å². The Morgan fingerprint density at radius 2 is 1.89 bits per heavy atom. The van der Waals surface area contributed by atoms with Crippen LogP contribution in [0.25, 0.3) is 6.08 Å². The number of methoxy groups -OCH3 is 1. The van der Waals surface area contributed by atoms with Gasteiger partial charge in [0.15, 0.2) is 0 Å². The Kier molecular flexibility index (Phi) is 7.79. The molecular weight excluding hydrogens is 492 g/mol. The number of hydrogen-bond donors (Lipinski definition) is 1. The number of carbonyl (C=O) groups is 2. The molecule has 0 saturated carbocycles. The first-order chi connectivity index (χ1) is 13.4. The average Bonchev–Trinajstić information content (AvgIpc) is 2.66. The molecule has 0 aliphatic rings. The van der Waals surface area contributed by atoms with Crippen molar-refractivity contribution in [2.24, 2.45) is 0 Å². The molecule has 0 fully saturated rings. The Balaban J connectivity index is 2.24. The first-order valence-electron chi connectivity index (χ1n) is 8.13. The largest absolute Gasteiger partial charge is 0.495 e. The summed E-state index contributed by atoms with van der Waals surface area (Å²) < 4.78 is 11.7. The number of hydrogen-bond acceptors (Lipinski definition) is 5. The summed E-state index contributed by atoms with van der Waals surface area (Å²) in [7, 11) is 1.50. The van der Waals surface area contributed by atoms with E-state index in [0.717, 1.165) is 4.47 Å². The van der Waals surface area contributed by atoms with E-state index in [1.54, 1.807) is 31.2 Å². The van der Waals surface area contributed by atoms with E-state index in [2.05, 4.69) is 37.2 Å². The number of esters is 1. The molecule has 0 unspecified atom stereocenters. The summed E-state index contributed by atoms with van der Waals surface area (Å²) in [5.74, 6) is -0.516. The van der Waals surface area contributed by atoms with Crippen LogP contribution in [0, 0.1) is 11.3 Å². The van der Waals surface area contributed by atoms with E-state index in [4.69, 9.17) is 9.47 Å². The van der Waals surface area contributed by atoms with Gasteiger partial charge in [-0.3, -0.25) is 4.79 Å². The van der Waals surface area contributed by atoms with E-state index in [0.29, 0.717) is 27.0 Å². The zero-order valence-electron chi connectivity index (χ0n) is 15.1. The van der Waals surface area contributed by atoms with Crippen LogP contribution < -0.4 is 10.1 Å². The minimum absolute atomic E-state index is 0.0993. The average molecular weight is 508 g/mol. The number of ether oxygens (including phenoxy) is 2. The fourth-order valence-electron chi connectivity index (χ4n) is 2.31. The van der Waals surface area contributed by atoms with Crippen LogP contribution in [0.4, 0.5) is 5.69 Å². The molecule has 2 aromatic carbocycles. The Labute approximate surface area is 179 Å². The highest BCUT2D eigenvalue weighted by Crippen LogP contribution is 2.34. The van der Waals surface area contributed by atoms with E-state index < -0.39 is 11.9 Å². The Bertz CT molecular complexity index is 963. The predicted molar refractivity (Wildman–Crippen MR) is 113 cm³/mol. The molecule has 0 aromatic heterocycles. The summed E-state index contributed by atoms with van der Waals surface area (Å²) in [5, 5.41) is 12.0. The number of carbonyl (C=O) groups excluding carboxylic acids is 2. The molecule has 0 heterocycles. The van der Waals surface area contributed by atoms with Crippen LogP contribution in [0.3, 0.4) is 0 Å². The molecule has 0 spiro atoms. The number of amides is 1. The van der Waals surface area contributed by atoms with Gasteiger partial charge in [-0.25, -0.2) is 4.79 Å². The molecule has 28 heavy (non-hydrogen) atoms. The molecule has 8 heteroatoms. The molecule has 6 nitrogen and oxygen atoms in total. The third kappa shape index (κ3) is 5.44. The molecule has 144 valence electrons. The third-order valence-corrected chi connectivity index (χ3v) is 4.61. The molecule has 1 N–H and O–H groups in total. The summed E-state index contributed by atoms with van der Waals surface area (Å²) in [5.41, 5.74) is 1.28. The van der Waals surface area contributed by atoms with Gasteiger partial charge in [0.05, 0.1) is 23.8 Å². The Morgan fingerprint density at radius 3 is 2.46 bits per heavy atom. The number of nitrogens with one attached hydrogen (secondary N) is 1. The molecule has 2 rings (SSSR count). The van der Waals surface area contributed by atoms with Gasteiger partial charge in [-0.1, -0.05) is 15.9 Å². The lowest BCUT2D eigenvalue weighted by atomic mass is 10.1. The van der Waals surface area contributed by atoms with Crippen LogP contribution in [0.5, 0.6) is 5.75 Å². The summed E-state index contributed by atoms with van der Waals surface area (Å²) in [6.45, 7) is 2.00. The SMILES string of the molecule is CCOC(=O)c1ccc(NC(=O)/C(C#N)=C/c2cc(Br)cc(Br)c2OC)cc1. The van der Waals surface area contributed by atoms with E-state index >= 15 is 0 Å². The van der Waals surface area contributed by atoms with Gasteiger partial charge in [0.2, 0.25) is 0 Å². The maximum absolute atomic E-state index is 12.5. The van der Waals surface area contributed by atoms with Crippen LogP contribution in [-0.2, 0) is 9.53 Å². The molecule has 1 amide bonds. The number of halogens is 2. The minimum atomic E-state index is -0.579. The van der Waals surface area contributed by atoms with Crippen LogP contribution in [0.15, 0.2) is 50.9 Å². The lowest BCUT2D eigenvalue weighted by Gasteiger charge is -2.09. The number of nitrogens with zero attached hydrogens (tertiary/aromatic N) is 1. The topological polar surface area (TPSA) is 88.4 Å². The van der Waals surface area contributed by atoms with Gasteiger partial charge < -0.3 is 14.8 Å². The normalized spacial score (nSPS) is 10.8. The maximum Gasteiger partial charge on any atom is 0.338 e. The van der Waals surface area contributed by atoms with E-state index in [1.165, 1.54) is 25.3 Å². The highest BCUT2D eigenvalue weighted by Gasteiger charge is 2.14. The molecule has 0 aliphatic heterocycles. The molecule has 0 aliphatic carbocycles. The zero-order chi connectivity index (χ0) is 20.7. The quantitative estimate of drug-likeness (QED) is 0.339. The number of nitriles is 1. The fourth-order valence-corrected chi connectivity index (χ4v) is 3.73. The molecule has 0 bridgehead atoms. The van der Waals surface area contributed by atoms with Crippen molar-refractivity contribution >= 4 is 55.5 Å². The number of rotatable bonds is 6. The molecule has 0 atom stereocenters. The first-order valence-corrected chi connectivity index (χ1v) is 9.71. The van der Waals surface area contributed by atoms with Gasteiger partial charge in [0.25, 0.3) is 5.91 Å². The third-order valence-electron chi connectivity index (χ3n) is 3.56. The van der Waals surface area contributed by atoms with E-state index in [1.807, 2.05) is 6.07 Å². The lowest BCUT2D eigenvalue weighted by Crippen LogP contribution is -2.13. The Hall–Kier alpha value is -2.63. The van der Waals surface area contributed by atoms with Crippen molar-refractivity contribution in [3.8, 4) is 11.8 Å². The fraction of sp³-hybridized carbons (Fsp3) is 0.150. The summed E-state index contributed by atoms with van der Waals surface area (Å²) in [4.78, 5) is 24.2. The van der Waals surface area contributed by atoms with Gasteiger partial charge >= 0.3 is 5.97 Å².